The summed E-state index contributed by atoms with van der Waals surface area (Å²) in [4.78, 5) is 13.3. The zero-order chi connectivity index (χ0) is 13.0. The van der Waals surface area contributed by atoms with Crippen molar-refractivity contribution in [2.45, 2.75) is 20.3 Å². The van der Waals surface area contributed by atoms with Crippen LogP contribution in [-0.4, -0.2) is 21.5 Å². The molecule has 18 heavy (non-hydrogen) atoms. The molecule has 2 aromatic heterocycles. The molecule has 0 aliphatic carbocycles. The Bertz CT molecular complexity index is 528. The average Bonchev–Trinajstić information content (AvgIpc) is 2.41. The van der Waals surface area contributed by atoms with E-state index in [1.54, 1.807) is 6.20 Å². The Kier molecular flexibility index (Phi) is 4.46. The number of aryl methyl sites for hydroxylation is 1. The molecule has 0 aromatic carbocycles. The molecule has 0 aliphatic heterocycles. The van der Waals surface area contributed by atoms with Gasteiger partial charge in [-0.1, -0.05) is 13.0 Å². The molecule has 94 valence electrons. The molecule has 0 saturated heterocycles. The minimum Gasteiger partial charge on any atom is -0.369 e. The maximum Gasteiger partial charge on any atom is 0.180 e. The van der Waals surface area contributed by atoms with Crippen molar-refractivity contribution in [3.8, 4) is 11.5 Å². The lowest BCUT2D eigenvalue weighted by Gasteiger charge is -2.10. The van der Waals surface area contributed by atoms with E-state index in [1.807, 2.05) is 25.1 Å². The molecular weight excluding hydrogens is 339 g/mol. The molecule has 0 fully saturated rings. The molecule has 0 amide bonds. The summed E-state index contributed by atoms with van der Waals surface area (Å²) in [6, 6.07) is 5.75. The number of hydrogen-bond acceptors (Lipinski definition) is 4. The van der Waals surface area contributed by atoms with Crippen molar-refractivity contribution in [2.24, 2.45) is 0 Å². The molecule has 0 saturated carbocycles. The number of nitrogens with one attached hydrogen (secondary N) is 1. The SMILES string of the molecule is CCCNc1nc(-c2ccccn2)nc(C)c1I. The van der Waals surface area contributed by atoms with Gasteiger partial charge in [0.15, 0.2) is 5.82 Å². The second kappa shape index (κ2) is 6.08. The molecule has 0 aliphatic rings. The molecule has 2 rings (SSSR count). The largest absolute Gasteiger partial charge is 0.369 e. The van der Waals surface area contributed by atoms with Gasteiger partial charge >= 0.3 is 0 Å². The number of pyridine rings is 1. The standard InChI is InChI=1S/C13H15IN4/c1-3-7-16-13-11(14)9(2)17-12(18-13)10-6-4-5-8-15-10/h4-6,8H,3,7H2,1-2H3,(H,16,17,18). The first-order valence-electron chi connectivity index (χ1n) is 5.91. The van der Waals surface area contributed by atoms with Crippen LogP contribution in [0.4, 0.5) is 5.82 Å². The van der Waals surface area contributed by atoms with Crippen LogP contribution in [-0.2, 0) is 0 Å². The normalized spacial score (nSPS) is 10.4. The van der Waals surface area contributed by atoms with Crippen molar-refractivity contribution in [3.63, 3.8) is 0 Å². The Balaban J connectivity index is 2.41. The monoisotopic (exact) mass is 354 g/mol. The van der Waals surface area contributed by atoms with Crippen molar-refractivity contribution in [1.82, 2.24) is 15.0 Å². The van der Waals surface area contributed by atoms with E-state index in [2.05, 4.69) is 49.8 Å². The van der Waals surface area contributed by atoms with Gasteiger partial charge in [0.2, 0.25) is 0 Å². The number of rotatable bonds is 4. The average molecular weight is 354 g/mol. The minimum atomic E-state index is 0.673. The third kappa shape index (κ3) is 2.95. The van der Waals surface area contributed by atoms with E-state index in [-0.39, 0.29) is 0 Å². The maximum absolute atomic E-state index is 4.55. The summed E-state index contributed by atoms with van der Waals surface area (Å²) in [5, 5.41) is 3.33. The molecule has 0 unspecified atom stereocenters. The van der Waals surface area contributed by atoms with E-state index in [1.165, 1.54) is 0 Å². The topological polar surface area (TPSA) is 50.7 Å². The first-order chi connectivity index (χ1) is 8.72. The maximum atomic E-state index is 4.55. The predicted octanol–water partition coefficient (Wildman–Crippen LogP) is 3.27. The van der Waals surface area contributed by atoms with Gasteiger partial charge in [-0.3, -0.25) is 4.98 Å². The molecule has 0 atom stereocenters. The van der Waals surface area contributed by atoms with Crippen LogP contribution < -0.4 is 5.32 Å². The lowest BCUT2D eigenvalue weighted by molar-refractivity contribution is 0.956. The summed E-state index contributed by atoms with van der Waals surface area (Å²) in [7, 11) is 0. The van der Waals surface area contributed by atoms with E-state index in [4.69, 9.17) is 0 Å². The Labute approximate surface area is 120 Å². The van der Waals surface area contributed by atoms with Crippen LogP contribution in [0.25, 0.3) is 11.5 Å². The van der Waals surface area contributed by atoms with Crippen molar-refractivity contribution < 1.29 is 0 Å². The number of aromatic nitrogens is 3. The fraction of sp³-hybridized carbons (Fsp3) is 0.308. The van der Waals surface area contributed by atoms with E-state index >= 15 is 0 Å². The van der Waals surface area contributed by atoms with Crippen molar-refractivity contribution in [1.29, 1.82) is 0 Å². The van der Waals surface area contributed by atoms with Gasteiger partial charge in [0.05, 0.1) is 9.26 Å². The van der Waals surface area contributed by atoms with Gasteiger partial charge in [-0.05, 0) is 48.1 Å². The fourth-order valence-electron chi connectivity index (χ4n) is 1.53. The smallest absolute Gasteiger partial charge is 0.180 e. The first kappa shape index (κ1) is 13.2. The lowest BCUT2D eigenvalue weighted by Crippen LogP contribution is -2.07. The molecule has 1 N–H and O–H groups in total. The van der Waals surface area contributed by atoms with Crippen LogP contribution in [0.3, 0.4) is 0 Å². The third-order valence-corrected chi connectivity index (χ3v) is 3.74. The molecule has 2 aromatic rings. The van der Waals surface area contributed by atoms with Crippen LogP contribution >= 0.6 is 22.6 Å². The van der Waals surface area contributed by atoms with Crippen LogP contribution in [0.2, 0.25) is 0 Å². The van der Waals surface area contributed by atoms with Gasteiger partial charge in [0.1, 0.15) is 11.5 Å². The second-order valence-electron chi connectivity index (χ2n) is 3.94. The van der Waals surface area contributed by atoms with Gasteiger partial charge in [-0.2, -0.15) is 0 Å². The summed E-state index contributed by atoms with van der Waals surface area (Å²) in [5.74, 6) is 1.57. The van der Waals surface area contributed by atoms with E-state index in [9.17, 15) is 0 Å². The van der Waals surface area contributed by atoms with Gasteiger partial charge in [-0.25, -0.2) is 9.97 Å². The summed E-state index contributed by atoms with van der Waals surface area (Å²) < 4.78 is 1.07. The van der Waals surface area contributed by atoms with E-state index < -0.39 is 0 Å². The highest BCUT2D eigenvalue weighted by Gasteiger charge is 2.10. The minimum absolute atomic E-state index is 0.673. The molecule has 0 radical (unpaired) electrons. The highest BCUT2D eigenvalue weighted by atomic mass is 127. The predicted molar refractivity (Wildman–Crippen MR) is 81.5 cm³/mol. The molecule has 0 bridgehead atoms. The molecule has 5 heteroatoms. The van der Waals surface area contributed by atoms with Crippen LogP contribution in [0.5, 0.6) is 0 Å². The molecule has 0 spiro atoms. The highest BCUT2D eigenvalue weighted by Crippen LogP contribution is 2.22. The van der Waals surface area contributed by atoms with Gasteiger partial charge in [0, 0.05) is 12.7 Å². The molecule has 2 heterocycles. The Morgan fingerprint density at radius 3 is 2.78 bits per heavy atom. The second-order valence-corrected chi connectivity index (χ2v) is 5.02. The van der Waals surface area contributed by atoms with Crippen molar-refractivity contribution in [2.75, 3.05) is 11.9 Å². The molecular formula is C13H15IN4. The fourth-order valence-corrected chi connectivity index (χ4v) is 1.96. The Morgan fingerprint density at radius 1 is 1.28 bits per heavy atom. The quantitative estimate of drug-likeness (QED) is 0.857. The highest BCUT2D eigenvalue weighted by molar-refractivity contribution is 14.1. The zero-order valence-electron chi connectivity index (χ0n) is 10.4. The van der Waals surface area contributed by atoms with Gasteiger partial charge in [-0.15, -0.1) is 0 Å². The van der Waals surface area contributed by atoms with Crippen molar-refractivity contribution >= 4 is 28.4 Å². The van der Waals surface area contributed by atoms with Gasteiger partial charge < -0.3 is 5.32 Å². The summed E-state index contributed by atoms with van der Waals surface area (Å²) in [6.07, 6.45) is 2.82. The van der Waals surface area contributed by atoms with Crippen LogP contribution in [0.1, 0.15) is 19.0 Å². The number of hydrogen-bond donors (Lipinski definition) is 1. The van der Waals surface area contributed by atoms with Crippen LogP contribution in [0, 0.1) is 10.5 Å². The van der Waals surface area contributed by atoms with E-state index in [0.717, 1.165) is 33.7 Å². The summed E-state index contributed by atoms with van der Waals surface area (Å²) >= 11 is 2.27. The Morgan fingerprint density at radius 2 is 2.11 bits per heavy atom. The summed E-state index contributed by atoms with van der Waals surface area (Å²) in [5.41, 5.74) is 1.78. The number of halogens is 1. The number of nitrogens with zero attached hydrogens (tertiary/aromatic N) is 3. The van der Waals surface area contributed by atoms with Crippen LogP contribution in [0.15, 0.2) is 24.4 Å². The Hall–Kier alpha value is -1.24. The number of anilines is 1. The summed E-state index contributed by atoms with van der Waals surface area (Å²) in [6.45, 7) is 5.04. The zero-order valence-corrected chi connectivity index (χ0v) is 12.6. The third-order valence-electron chi connectivity index (χ3n) is 2.45. The van der Waals surface area contributed by atoms with Gasteiger partial charge in [0.25, 0.3) is 0 Å². The lowest BCUT2D eigenvalue weighted by atomic mass is 10.3. The molecule has 4 nitrogen and oxygen atoms in total. The van der Waals surface area contributed by atoms with Crippen molar-refractivity contribution in [3.05, 3.63) is 33.7 Å². The first-order valence-corrected chi connectivity index (χ1v) is 6.99. The van der Waals surface area contributed by atoms with E-state index in [0.29, 0.717) is 5.82 Å².